The van der Waals surface area contributed by atoms with Gasteiger partial charge in [-0.2, -0.15) is 0 Å². The molecule has 1 aromatic heterocycles. The smallest absolute Gasteiger partial charge is 0.294 e. The lowest BCUT2D eigenvalue weighted by molar-refractivity contribution is -0.119. The van der Waals surface area contributed by atoms with Crippen molar-refractivity contribution >= 4 is 12.0 Å². The number of hydrogen-bond donors (Lipinski definition) is 3. The fraction of sp³-hybridized carbons (Fsp3) is 0.385. The van der Waals surface area contributed by atoms with E-state index < -0.39 is 5.56 Å². The summed E-state index contributed by atoms with van der Waals surface area (Å²) in [4.78, 5) is 24.6. The van der Waals surface area contributed by atoms with Gasteiger partial charge in [0.15, 0.2) is 5.75 Å². The number of H-pyrrole nitrogens is 1. The number of aromatic hydroxyl groups is 1. The van der Waals surface area contributed by atoms with Crippen molar-refractivity contribution in [1.82, 2.24) is 10.3 Å². The highest BCUT2D eigenvalue weighted by molar-refractivity contribution is 5.73. The van der Waals surface area contributed by atoms with Crippen molar-refractivity contribution in [3.63, 3.8) is 0 Å². The van der Waals surface area contributed by atoms with Gasteiger partial charge >= 0.3 is 0 Å². The average molecular weight is 266 g/mol. The first-order chi connectivity index (χ1) is 8.95. The van der Waals surface area contributed by atoms with Crippen LogP contribution in [0.25, 0.3) is 6.08 Å². The highest BCUT2D eigenvalue weighted by atomic mass is 16.5. The molecule has 19 heavy (non-hydrogen) atoms. The second-order valence-corrected chi connectivity index (χ2v) is 4.19. The Morgan fingerprint density at radius 1 is 1.63 bits per heavy atom. The fourth-order valence-electron chi connectivity index (χ4n) is 1.64. The summed E-state index contributed by atoms with van der Waals surface area (Å²) >= 11 is 0. The third-order valence-electron chi connectivity index (χ3n) is 2.49. The van der Waals surface area contributed by atoms with Gasteiger partial charge < -0.3 is 20.1 Å². The SMILES string of the molecule is COc1c(O)c(/C=C/CC(C)NC(C)=O)c[nH]c1=O. The molecule has 0 saturated heterocycles. The van der Waals surface area contributed by atoms with Gasteiger partial charge in [0.2, 0.25) is 11.7 Å². The third kappa shape index (κ3) is 4.17. The van der Waals surface area contributed by atoms with Gasteiger partial charge in [0.1, 0.15) is 0 Å². The second-order valence-electron chi connectivity index (χ2n) is 4.19. The summed E-state index contributed by atoms with van der Waals surface area (Å²) in [5.41, 5.74) is -0.0322. The molecule has 6 heteroatoms. The van der Waals surface area contributed by atoms with Gasteiger partial charge in [-0.3, -0.25) is 9.59 Å². The van der Waals surface area contributed by atoms with Crippen molar-refractivity contribution in [2.24, 2.45) is 0 Å². The standard InChI is InChI=1S/C13H18N2O4/c1-8(15-9(2)16)5-4-6-10-7-14-13(18)12(19-3)11(10)17/h4,6-8H,5H2,1-3H3,(H,15,16)(H2,14,17,18)/b6-4+. The van der Waals surface area contributed by atoms with E-state index in [0.717, 1.165) is 0 Å². The first-order valence-corrected chi connectivity index (χ1v) is 5.88. The molecular formula is C13H18N2O4. The minimum Gasteiger partial charge on any atom is -0.504 e. The number of carbonyl (C=O) groups is 1. The minimum atomic E-state index is -0.483. The van der Waals surface area contributed by atoms with Crippen LogP contribution in [0.3, 0.4) is 0 Å². The van der Waals surface area contributed by atoms with Crippen LogP contribution < -0.4 is 15.6 Å². The molecule has 1 atom stereocenters. The Bertz CT molecular complexity index is 534. The molecule has 1 amide bonds. The molecule has 6 nitrogen and oxygen atoms in total. The first-order valence-electron chi connectivity index (χ1n) is 5.88. The number of amides is 1. The molecule has 0 bridgehead atoms. The molecule has 0 aliphatic rings. The number of nitrogens with one attached hydrogen (secondary N) is 2. The number of pyridine rings is 1. The molecule has 1 heterocycles. The van der Waals surface area contributed by atoms with Crippen molar-refractivity contribution in [2.45, 2.75) is 26.3 Å². The maximum absolute atomic E-state index is 11.3. The van der Waals surface area contributed by atoms with Crippen LogP contribution in [0.1, 0.15) is 25.8 Å². The predicted molar refractivity (Wildman–Crippen MR) is 72.2 cm³/mol. The average Bonchev–Trinajstić information content (AvgIpc) is 2.32. The zero-order chi connectivity index (χ0) is 14.4. The molecule has 3 N–H and O–H groups in total. The van der Waals surface area contributed by atoms with Crippen LogP contribution in [0.2, 0.25) is 0 Å². The van der Waals surface area contributed by atoms with Gasteiger partial charge in [0.25, 0.3) is 5.56 Å². The summed E-state index contributed by atoms with van der Waals surface area (Å²) in [5.74, 6) is -0.402. The van der Waals surface area contributed by atoms with E-state index in [1.807, 2.05) is 6.92 Å². The number of rotatable bonds is 5. The van der Waals surface area contributed by atoms with E-state index in [0.29, 0.717) is 12.0 Å². The molecule has 1 unspecified atom stereocenters. The van der Waals surface area contributed by atoms with Crippen molar-refractivity contribution in [3.05, 3.63) is 28.2 Å². The number of aromatic amines is 1. The zero-order valence-corrected chi connectivity index (χ0v) is 11.2. The highest BCUT2D eigenvalue weighted by Crippen LogP contribution is 2.25. The van der Waals surface area contributed by atoms with Crippen LogP contribution in [0.15, 0.2) is 17.1 Å². The van der Waals surface area contributed by atoms with Gasteiger partial charge in [-0.15, -0.1) is 0 Å². The lowest BCUT2D eigenvalue weighted by Crippen LogP contribution is -2.29. The van der Waals surface area contributed by atoms with Crippen molar-refractivity contribution < 1.29 is 14.6 Å². The zero-order valence-electron chi connectivity index (χ0n) is 11.2. The Labute approximate surface area is 111 Å². The van der Waals surface area contributed by atoms with Gasteiger partial charge in [-0.1, -0.05) is 12.2 Å². The van der Waals surface area contributed by atoms with Crippen molar-refractivity contribution in [1.29, 1.82) is 0 Å². The molecule has 0 fully saturated rings. The molecule has 0 aliphatic carbocycles. The van der Waals surface area contributed by atoms with Crippen LogP contribution in [0, 0.1) is 0 Å². The molecule has 0 aromatic carbocycles. The van der Waals surface area contributed by atoms with E-state index in [-0.39, 0.29) is 23.4 Å². The maximum Gasteiger partial charge on any atom is 0.294 e. The quantitative estimate of drug-likeness (QED) is 0.742. The second kappa shape index (κ2) is 6.63. The lowest BCUT2D eigenvalue weighted by atomic mass is 10.1. The summed E-state index contributed by atoms with van der Waals surface area (Å²) in [6.07, 6.45) is 5.47. The van der Waals surface area contributed by atoms with Gasteiger partial charge in [-0.05, 0) is 13.3 Å². The molecule has 0 saturated carbocycles. The van der Waals surface area contributed by atoms with Crippen molar-refractivity contribution in [2.75, 3.05) is 7.11 Å². The first kappa shape index (κ1) is 14.8. The monoisotopic (exact) mass is 266 g/mol. The largest absolute Gasteiger partial charge is 0.504 e. The molecule has 0 radical (unpaired) electrons. The van der Waals surface area contributed by atoms with E-state index in [1.54, 1.807) is 12.2 Å². The Kier molecular flexibility index (Phi) is 5.17. The van der Waals surface area contributed by atoms with E-state index in [4.69, 9.17) is 4.74 Å². The minimum absolute atomic E-state index is 0.000509. The summed E-state index contributed by atoms with van der Waals surface area (Å²) < 4.78 is 4.81. The molecule has 1 aromatic rings. The molecule has 0 spiro atoms. The van der Waals surface area contributed by atoms with Gasteiger partial charge in [0.05, 0.1) is 7.11 Å². The Hall–Kier alpha value is -2.24. The fourth-order valence-corrected chi connectivity index (χ4v) is 1.64. The maximum atomic E-state index is 11.3. The summed E-state index contributed by atoms with van der Waals surface area (Å²) in [5, 5.41) is 12.6. The highest BCUT2D eigenvalue weighted by Gasteiger charge is 2.10. The van der Waals surface area contributed by atoms with Crippen LogP contribution in [-0.4, -0.2) is 29.1 Å². The van der Waals surface area contributed by atoms with Crippen molar-refractivity contribution in [3.8, 4) is 11.5 Å². The molecule has 0 aliphatic heterocycles. The van der Waals surface area contributed by atoms with E-state index in [2.05, 4.69) is 10.3 Å². The summed E-state index contributed by atoms with van der Waals surface area (Å²) in [6.45, 7) is 3.33. The lowest BCUT2D eigenvalue weighted by Gasteiger charge is -2.09. The number of carbonyl (C=O) groups excluding carboxylic acids is 1. The number of methoxy groups -OCH3 is 1. The molecule has 104 valence electrons. The normalized spacial score (nSPS) is 12.4. The summed E-state index contributed by atoms with van der Waals surface area (Å²) in [7, 11) is 1.32. The van der Waals surface area contributed by atoms with Crippen LogP contribution in [0.4, 0.5) is 0 Å². The van der Waals surface area contributed by atoms with Crippen LogP contribution >= 0.6 is 0 Å². The number of ether oxygens (including phenoxy) is 1. The number of aromatic nitrogens is 1. The summed E-state index contributed by atoms with van der Waals surface area (Å²) in [6, 6.07) is 0.000509. The van der Waals surface area contributed by atoms with E-state index in [9.17, 15) is 14.7 Å². The Morgan fingerprint density at radius 2 is 2.32 bits per heavy atom. The van der Waals surface area contributed by atoms with Crippen LogP contribution in [-0.2, 0) is 4.79 Å². The number of hydrogen-bond acceptors (Lipinski definition) is 4. The third-order valence-corrected chi connectivity index (χ3v) is 2.49. The predicted octanol–water partition coefficient (Wildman–Crippen LogP) is 1.02. The van der Waals surface area contributed by atoms with E-state index >= 15 is 0 Å². The van der Waals surface area contributed by atoms with Gasteiger partial charge in [-0.25, -0.2) is 0 Å². The molecule has 1 rings (SSSR count). The molecular weight excluding hydrogens is 248 g/mol. The Balaban J connectivity index is 2.78. The van der Waals surface area contributed by atoms with Gasteiger partial charge in [0, 0.05) is 24.7 Å². The topological polar surface area (TPSA) is 91.4 Å². The Morgan fingerprint density at radius 3 is 2.89 bits per heavy atom. The van der Waals surface area contributed by atoms with E-state index in [1.165, 1.54) is 20.2 Å². The van der Waals surface area contributed by atoms with Crippen LogP contribution in [0.5, 0.6) is 11.5 Å².